The highest BCUT2D eigenvalue weighted by molar-refractivity contribution is 9.10. The molecule has 2 nitrogen and oxygen atoms in total. The number of carboxylic acids is 1. The predicted octanol–water partition coefficient (Wildman–Crippen LogP) is 2.59. The molecule has 0 spiro atoms. The molecule has 0 fully saturated rings. The van der Waals surface area contributed by atoms with E-state index in [1.54, 1.807) is 0 Å². The molecule has 1 rings (SSSR count). The molecule has 0 heterocycles. The molecule has 0 aliphatic heterocycles. The molecule has 12 heavy (non-hydrogen) atoms. The minimum atomic E-state index is -1.11. The van der Waals surface area contributed by atoms with Crippen LogP contribution in [0.5, 0.6) is 0 Å². The summed E-state index contributed by atoms with van der Waals surface area (Å²) in [5.74, 6) is -1.63. The smallest absolute Gasteiger partial charge is 0.336 e. The van der Waals surface area contributed by atoms with Crippen LogP contribution in [-0.2, 0) is 0 Å². The molecule has 64 valence electrons. The Morgan fingerprint density at radius 2 is 2.17 bits per heavy atom. The van der Waals surface area contributed by atoms with Crippen LogP contribution in [0.1, 0.15) is 15.9 Å². The van der Waals surface area contributed by atoms with Crippen molar-refractivity contribution >= 4 is 21.9 Å². The average Bonchev–Trinajstić information content (AvgIpc) is 2.00. The first kappa shape index (κ1) is 9.19. The second kappa shape index (κ2) is 3.23. The highest BCUT2D eigenvalue weighted by Gasteiger charge is 2.12. The van der Waals surface area contributed by atoms with Crippen molar-refractivity contribution in [1.82, 2.24) is 0 Å². The minimum Gasteiger partial charge on any atom is -0.478 e. The lowest BCUT2D eigenvalue weighted by molar-refractivity contribution is 0.0695. The standard InChI is InChI=1S/C8H6BrFO2/c1-4-5(8(11)12)2-3-6(9)7(4)10/h2-3H,1H3,(H,11,12). The third-order valence-corrected chi connectivity index (χ3v) is 2.18. The summed E-state index contributed by atoms with van der Waals surface area (Å²) in [6.45, 7) is 1.43. The van der Waals surface area contributed by atoms with Crippen molar-refractivity contribution in [1.29, 1.82) is 0 Å². The maximum absolute atomic E-state index is 13.0. The van der Waals surface area contributed by atoms with Crippen molar-refractivity contribution < 1.29 is 14.3 Å². The van der Waals surface area contributed by atoms with Gasteiger partial charge in [0.15, 0.2) is 0 Å². The Labute approximate surface area is 77.2 Å². The Hall–Kier alpha value is -0.900. The van der Waals surface area contributed by atoms with Crippen molar-refractivity contribution in [3.05, 3.63) is 33.5 Å². The molecular weight excluding hydrogens is 227 g/mol. The molecule has 0 amide bonds. The molecule has 0 radical (unpaired) electrons. The molecule has 0 saturated heterocycles. The Balaban J connectivity index is 3.36. The lowest BCUT2D eigenvalue weighted by Gasteiger charge is -2.02. The average molecular weight is 233 g/mol. The minimum absolute atomic E-state index is 0.00398. The zero-order valence-corrected chi connectivity index (χ0v) is 7.85. The van der Waals surface area contributed by atoms with Crippen LogP contribution in [0.4, 0.5) is 4.39 Å². The van der Waals surface area contributed by atoms with Crippen molar-refractivity contribution in [2.75, 3.05) is 0 Å². The number of rotatable bonds is 1. The second-order valence-corrected chi connectivity index (χ2v) is 3.19. The maximum Gasteiger partial charge on any atom is 0.336 e. The van der Waals surface area contributed by atoms with E-state index in [2.05, 4.69) is 15.9 Å². The van der Waals surface area contributed by atoms with Gasteiger partial charge >= 0.3 is 5.97 Å². The van der Waals surface area contributed by atoms with Gasteiger partial charge in [0.1, 0.15) is 5.82 Å². The summed E-state index contributed by atoms with van der Waals surface area (Å²) in [5.41, 5.74) is 0.146. The fourth-order valence-corrected chi connectivity index (χ4v) is 1.31. The van der Waals surface area contributed by atoms with Crippen LogP contribution in [0.3, 0.4) is 0 Å². The van der Waals surface area contributed by atoms with Gasteiger partial charge in [-0.05, 0) is 35.0 Å². The summed E-state index contributed by atoms with van der Waals surface area (Å²) in [7, 11) is 0. The summed E-state index contributed by atoms with van der Waals surface area (Å²) in [5, 5.41) is 8.60. The summed E-state index contributed by atoms with van der Waals surface area (Å²) in [4.78, 5) is 10.5. The highest BCUT2D eigenvalue weighted by Crippen LogP contribution is 2.21. The number of benzene rings is 1. The molecule has 1 aromatic rings. The fourth-order valence-electron chi connectivity index (χ4n) is 0.884. The number of aromatic carboxylic acids is 1. The monoisotopic (exact) mass is 232 g/mol. The lowest BCUT2D eigenvalue weighted by Crippen LogP contribution is -2.01. The molecule has 1 aromatic carbocycles. The molecule has 0 aliphatic rings. The van der Waals surface area contributed by atoms with Gasteiger partial charge in [0.2, 0.25) is 0 Å². The first-order chi connectivity index (χ1) is 5.54. The topological polar surface area (TPSA) is 37.3 Å². The third kappa shape index (κ3) is 1.48. The number of hydrogen-bond acceptors (Lipinski definition) is 1. The van der Waals surface area contributed by atoms with Gasteiger partial charge in [-0.25, -0.2) is 9.18 Å². The molecule has 4 heteroatoms. The first-order valence-electron chi connectivity index (χ1n) is 3.22. The van der Waals surface area contributed by atoms with Crippen LogP contribution >= 0.6 is 15.9 Å². The lowest BCUT2D eigenvalue weighted by atomic mass is 10.1. The number of carbonyl (C=O) groups is 1. The van der Waals surface area contributed by atoms with Crippen molar-refractivity contribution in [3.63, 3.8) is 0 Å². The molecular formula is C8H6BrFO2. The van der Waals surface area contributed by atoms with Gasteiger partial charge in [-0.3, -0.25) is 0 Å². The normalized spacial score (nSPS) is 9.92. The van der Waals surface area contributed by atoms with E-state index in [1.165, 1.54) is 19.1 Å². The Bertz CT molecular complexity index is 336. The highest BCUT2D eigenvalue weighted by atomic mass is 79.9. The fraction of sp³-hybridized carbons (Fsp3) is 0.125. The van der Waals surface area contributed by atoms with Crippen molar-refractivity contribution in [3.8, 4) is 0 Å². The molecule has 0 saturated carbocycles. The summed E-state index contributed by atoms with van der Waals surface area (Å²) in [6, 6.07) is 2.75. The van der Waals surface area contributed by atoms with Gasteiger partial charge in [0.25, 0.3) is 0 Å². The van der Waals surface area contributed by atoms with Crippen LogP contribution in [0, 0.1) is 12.7 Å². The summed E-state index contributed by atoms with van der Waals surface area (Å²) >= 11 is 2.96. The molecule has 1 N–H and O–H groups in total. The molecule has 0 unspecified atom stereocenters. The Kier molecular flexibility index (Phi) is 2.47. The van der Waals surface area contributed by atoms with Crippen molar-refractivity contribution in [2.45, 2.75) is 6.92 Å². The third-order valence-electron chi connectivity index (χ3n) is 1.57. The Morgan fingerprint density at radius 1 is 1.58 bits per heavy atom. The number of carboxylic acid groups (broad SMARTS) is 1. The van der Waals surface area contributed by atoms with Crippen LogP contribution in [0.2, 0.25) is 0 Å². The molecule has 0 atom stereocenters. The second-order valence-electron chi connectivity index (χ2n) is 2.34. The van der Waals surface area contributed by atoms with Crippen LogP contribution in [0.25, 0.3) is 0 Å². The van der Waals surface area contributed by atoms with Gasteiger partial charge in [-0.2, -0.15) is 0 Å². The summed E-state index contributed by atoms with van der Waals surface area (Å²) < 4.78 is 13.3. The van der Waals surface area contributed by atoms with E-state index in [0.29, 0.717) is 0 Å². The van der Waals surface area contributed by atoms with Gasteiger partial charge in [0, 0.05) is 5.56 Å². The van der Waals surface area contributed by atoms with Crippen LogP contribution < -0.4 is 0 Å². The van der Waals surface area contributed by atoms with E-state index in [-0.39, 0.29) is 15.6 Å². The van der Waals surface area contributed by atoms with Gasteiger partial charge in [-0.1, -0.05) is 0 Å². The first-order valence-corrected chi connectivity index (χ1v) is 4.01. The van der Waals surface area contributed by atoms with Crippen LogP contribution in [0.15, 0.2) is 16.6 Å². The predicted molar refractivity (Wildman–Crippen MR) is 45.8 cm³/mol. The van der Waals surface area contributed by atoms with Gasteiger partial charge in [-0.15, -0.1) is 0 Å². The van der Waals surface area contributed by atoms with E-state index in [9.17, 15) is 9.18 Å². The number of hydrogen-bond donors (Lipinski definition) is 1. The van der Waals surface area contributed by atoms with E-state index in [1.807, 2.05) is 0 Å². The van der Waals surface area contributed by atoms with Crippen molar-refractivity contribution in [2.24, 2.45) is 0 Å². The van der Waals surface area contributed by atoms with E-state index in [4.69, 9.17) is 5.11 Å². The molecule has 0 aromatic heterocycles. The number of halogens is 2. The van der Waals surface area contributed by atoms with E-state index < -0.39 is 11.8 Å². The van der Waals surface area contributed by atoms with E-state index >= 15 is 0 Å². The largest absolute Gasteiger partial charge is 0.478 e. The quantitative estimate of drug-likeness (QED) is 0.809. The molecule has 0 bridgehead atoms. The maximum atomic E-state index is 13.0. The molecule has 0 aliphatic carbocycles. The van der Waals surface area contributed by atoms with Crippen LogP contribution in [-0.4, -0.2) is 11.1 Å². The zero-order valence-electron chi connectivity index (χ0n) is 6.27. The van der Waals surface area contributed by atoms with E-state index in [0.717, 1.165) is 0 Å². The Morgan fingerprint density at radius 3 is 2.67 bits per heavy atom. The SMILES string of the molecule is Cc1c(C(=O)O)ccc(Br)c1F. The van der Waals surface area contributed by atoms with Gasteiger partial charge in [0.05, 0.1) is 10.0 Å². The zero-order chi connectivity index (χ0) is 9.30. The van der Waals surface area contributed by atoms with Gasteiger partial charge < -0.3 is 5.11 Å². The summed E-state index contributed by atoms with van der Waals surface area (Å²) in [6.07, 6.45) is 0.